The minimum absolute atomic E-state index is 0.209. The zero-order valence-corrected chi connectivity index (χ0v) is 14.7. The van der Waals surface area contributed by atoms with E-state index in [1.165, 1.54) is 0 Å². The van der Waals surface area contributed by atoms with Gasteiger partial charge in [0.05, 0.1) is 16.8 Å². The van der Waals surface area contributed by atoms with Gasteiger partial charge in [0.1, 0.15) is 5.56 Å². The SMILES string of the molecule is Cc1ccc(C)c(NC(=O)c2cnn3c(-c4cccs4)ccnc23)c1. The summed E-state index contributed by atoms with van der Waals surface area (Å²) in [5.41, 5.74) is 4.85. The summed E-state index contributed by atoms with van der Waals surface area (Å²) in [5, 5.41) is 9.36. The molecule has 0 bridgehead atoms. The van der Waals surface area contributed by atoms with Gasteiger partial charge in [0.2, 0.25) is 0 Å². The molecule has 1 N–H and O–H groups in total. The first-order chi connectivity index (χ1) is 12.1. The van der Waals surface area contributed by atoms with E-state index in [0.29, 0.717) is 11.2 Å². The van der Waals surface area contributed by atoms with Gasteiger partial charge in [0.15, 0.2) is 5.65 Å². The van der Waals surface area contributed by atoms with Gasteiger partial charge >= 0.3 is 0 Å². The molecule has 0 spiro atoms. The molecule has 124 valence electrons. The van der Waals surface area contributed by atoms with Crippen molar-refractivity contribution >= 4 is 28.6 Å². The zero-order chi connectivity index (χ0) is 17.4. The van der Waals surface area contributed by atoms with Gasteiger partial charge in [-0.05, 0) is 48.6 Å². The second kappa shape index (κ2) is 6.14. The lowest BCUT2D eigenvalue weighted by Crippen LogP contribution is -2.13. The number of aromatic nitrogens is 3. The molecule has 0 saturated carbocycles. The van der Waals surface area contributed by atoms with Crippen molar-refractivity contribution in [2.24, 2.45) is 0 Å². The fraction of sp³-hybridized carbons (Fsp3) is 0.105. The van der Waals surface area contributed by atoms with Crippen LogP contribution in [0, 0.1) is 13.8 Å². The molecule has 3 aromatic heterocycles. The first kappa shape index (κ1) is 15.5. The van der Waals surface area contributed by atoms with E-state index in [-0.39, 0.29) is 5.91 Å². The van der Waals surface area contributed by atoms with E-state index in [2.05, 4.69) is 15.4 Å². The van der Waals surface area contributed by atoms with E-state index in [9.17, 15) is 4.79 Å². The van der Waals surface area contributed by atoms with Crippen LogP contribution in [0.1, 0.15) is 21.5 Å². The Bertz CT molecular complexity index is 1070. The van der Waals surface area contributed by atoms with Gasteiger partial charge in [-0.25, -0.2) is 9.50 Å². The predicted molar refractivity (Wildman–Crippen MR) is 100 cm³/mol. The average Bonchev–Trinajstić information content (AvgIpc) is 3.27. The second-order valence-electron chi connectivity index (χ2n) is 5.87. The second-order valence-corrected chi connectivity index (χ2v) is 6.82. The smallest absolute Gasteiger partial charge is 0.261 e. The van der Waals surface area contributed by atoms with Crippen molar-refractivity contribution in [2.75, 3.05) is 5.32 Å². The van der Waals surface area contributed by atoms with Gasteiger partial charge in [-0.2, -0.15) is 5.10 Å². The van der Waals surface area contributed by atoms with Gasteiger partial charge in [-0.3, -0.25) is 4.79 Å². The highest BCUT2D eigenvalue weighted by Crippen LogP contribution is 2.25. The molecular weight excluding hydrogens is 332 g/mol. The zero-order valence-electron chi connectivity index (χ0n) is 13.9. The van der Waals surface area contributed by atoms with Crippen molar-refractivity contribution in [3.05, 3.63) is 70.9 Å². The Labute approximate surface area is 149 Å². The maximum atomic E-state index is 12.7. The molecule has 0 aliphatic heterocycles. The van der Waals surface area contributed by atoms with Crippen LogP contribution in [0.5, 0.6) is 0 Å². The molecule has 0 unspecified atom stereocenters. The fourth-order valence-electron chi connectivity index (χ4n) is 2.72. The number of carbonyl (C=O) groups excluding carboxylic acids is 1. The van der Waals surface area contributed by atoms with Gasteiger partial charge in [0, 0.05) is 11.9 Å². The standard InChI is InChI=1S/C19H16N4OS/c1-12-5-6-13(2)15(10-12)22-19(24)14-11-21-23-16(7-8-20-18(14)23)17-4-3-9-25-17/h3-11H,1-2H3,(H,22,24). The Morgan fingerprint density at radius 1 is 1.20 bits per heavy atom. The summed E-state index contributed by atoms with van der Waals surface area (Å²) >= 11 is 1.63. The molecule has 0 aliphatic rings. The Morgan fingerprint density at radius 2 is 2.08 bits per heavy atom. The number of rotatable bonds is 3. The minimum Gasteiger partial charge on any atom is -0.322 e. The van der Waals surface area contributed by atoms with E-state index in [0.717, 1.165) is 27.4 Å². The highest BCUT2D eigenvalue weighted by molar-refractivity contribution is 7.13. The number of hydrogen-bond acceptors (Lipinski definition) is 4. The van der Waals surface area contributed by atoms with Gasteiger partial charge < -0.3 is 5.32 Å². The third kappa shape index (κ3) is 2.81. The maximum absolute atomic E-state index is 12.7. The molecule has 4 rings (SSSR count). The molecule has 0 fully saturated rings. The number of nitrogens with one attached hydrogen (secondary N) is 1. The number of nitrogens with zero attached hydrogens (tertiary/aromatic N) is 3. The first-order valence-electron chi connectivity index (χ1n) is 7.89. The lowest BCUT2D eigenvalue weighted by Gasteiger charge is -2.08. The van der Waals surface area contributed by atoms with E-state index in [1.807, 2.05) is 55.6 Å². The van der Waals surface area contributed by atoms with Crippen molar-refractivity contribution < 1.29 is 4.79 Å². The van der Waals surface area contributed by atoms with Crippen LogP contribution in [0.2, 0.25) is 0 Å². The van der Waals surface area contributed by atoms with Crippen LogP contribution < -0.4 is 5.32 Å². The maximum Gasteiger partial charge on any atom is 0.261 e. The minimum atomic E-state index is -0.209. The monoisotopic (exact) mass is 348 g/mol. The lowest BCUT2D eigenvalue weighted by atomic mass is 10.1. The van der Waals surface area contributed by atoms with E-state index in [4.69, 9.17) is 0 Å². The Hall–Kier alpha value is -2.99. The summed E-state index contributed by atoms with van der Waals surface area (Å²) in [7, 11) is 0. The molecule has 5 nitrogen and oxygen atoms in total. The van der Waals surface area contributed by atoms with Crippen molar-refractivity contribution in [3.63, 3.8) is 0 Å². The first-order valence-corrected chi connectivity index (χ1v) is 8.76. The molecular formula is C19H16N4OS. The van der Waals surface area contributed by atoms with Crippen LogP contribution in [0.3, 0.4) is 0 Å². The van der Waals surface area contributed by atoms with Crippen molar-refractivity contribution in [3.8, 4) is 10.6 Å². The Morgan fingerprint density at radius 3 is 2.88 bits per heavy atom. The number of aryl methyl sites for hydroxylation is 2. The topological polar surface area (TPSA) is 59.3 Å². The number of fused-ring (bicyclic) bond motifs is 1. The van der Waals surface area contributed by atoms with Crippen molar-refractivity contribution in [2.45, 2.75) is 13.8 Å². The van der Waals surface area contributed by atoms with Crippen LogP contribution in [-0.4, -0.2) is 20.5 Å². The molecule has 0 saturated heterocycles. The number of anilines is 1. The van der Waals surface area contributed by atoms with Crippen LogP contribution in [0.15, 0.2) is 54.2 Å². The molecule has 4 aromatic rings. The van der Waals surface area contributed by atoms with Gasteiger partial charge in [-0.1, -0.05) is 18.2 Å². The molecule has 1 amide bonds. The van der Waals surface area contributed by atoms with E-state index >= 15 is 0 Å². The highest BCUT2D eigenvalue weighted by atomic mass is 32.1. The predicted octanol–water partition coefficient (Wildman–Crippen LogP) is 4.33. The molecule has 0 radical (unpaired) electrons. The molecule has 25 heavy (non-hydrogen) atoms. The van der Waals surface area contributed by atoms with Crippen LogP contribution >= 0.6 is 11.3 Å². The summed E-state index contributed by atoms with van der Waals surface area (Å²) in [6.07, 6.45) is 3.28. The highest BCUT2D eigenvalue weighted by Gasteiger charge is 2.17. The van der Waals surface area contributed by atoms with E-state index < -0.39 is 0 Å². The number of hydrogen-bond donors (Lipinski definition) is 1. The summed E-state index contributed by atoms with van der Waals surface area (Å²) < 4.78 is 1.71. The number of carbonyl (C=O) groups is 1. The third-order valence-corrected chi connectivity index (χ3v) is 4.95. The Balaban J connectivity index is 1.74. The van der Waals surface area contributed by atoms with Gasteiger partial charge in [-0.15, -0.1) is 11.3 Å². The summed E-state index contributed by atoms with van der Waals surface area (Å²) in [6, 6.07) is 11.9. The van der Waals surface area contributed by atoms with E-state index in [1.54, 1.807) is 28.2 Å². The van der Waals surface area contributed by atoms with Crippen LogP contribution in [0.4, 0.5) is 5.69 Å². The normalized spacial score (nSPS) is 11.0. The largest absolute Gasteiger partial charge is 0.322 e. The molecule has 3 heterocycles. The van der Waals surface area contributed by atoms with Gasteiger partial charge in [0.25, 0.3) is 5.91 Å². The molecule has 0 atom stereocenters. The Kier molecular flexibility index (Phi) is 3.82. The van der Waals surface area contributed by atoms with Crippen LogP contribution in [0.25, 0.3) is 16.2 Å². The third-order valence-electron chi connectivity index (χ3n) is 4.06. The lowest BCUT2D eigenvalue weighted by molar-refractivity contribution is 0.102. The van der Waals surface area contributed by atoms with Crippen molar-refractivity contribution in [1.82, 2.24) is 14.6 Å². The summed E-state index contributed by atoms with van der Waals surface area (Å²) in [6.45, 7) is 3.97. The average molecular weight is 348 g/mol. The number of benzene rings is 1. The quantitative estimate of drug-likeness (QED) is 0.599. The molecule has 6 heteroatoms. The number of thiophene rings is 1. The summed E-state index contributed by atoms with van der Waals surface area (Å²) in [5.74, 6) is -0.209. The number of amides is 1. The summed E-state index contributed by atoms with van der Waals surface area (Å²) in [4.78, 5) is 18.2. The molecule has 0 aliphatic carbocycles. The fourth-order valence-corrected chi connectivity index (χ4v) is 3.46. The van der Waals surface area contributed by atoms with Crippen LogP contribution in [-0.2, 0) is 0 Å². The molecule has 1 aromatic carbocycles. The van der Waals surface area contributed by atoms with Crippen molar-refractivity contribution in [1.29, 1.82) is 0 Å².